The van der Waals surface area contributed by atoms with Gasteiger partial charge in [-0.15, -0.1) is 0 Å². The number of nitrogens with one attached hydrogen (secondary N) is 2. The third kappa shape index (κ3) is 3.91. The molecule has 3 fully saturated rings. The van der Waals surface area contributed by atoms with E-state index in [4.69, 9.17) is 9.84 Å². The quantitative estimate of drug-likeness (QED) is 0.576. The summed E-state index contributed by atoms with van der Waals surface area (Å²) in [5.41, 5.74) is 0.847. The van der Waals surface area contributed by atoms with E-state index >= 15 is 0 Å². The molecule has 3 amide bonds. The monoisotopic (exact) mass is 420 g/mol. The number of cyclic esters (lactones) is 1. The third-order valence-electron chi connectivity index (χ3n) is 5.94. The van der Waals surface area contributed by atoms with Crippen LogP contribution >= 0.6 is 0 Å². The van der Waals surface area contributed by atoms with Crippen LogP contribution in [0.4, 0.5) is 20.6 Å². The number of ether oxygens (including phenoxy) is 1. The minimum Gasteiger partial charge on any atom is -0.442 e. The van der Waals surface area contributed by atoms with Gasteiger partial charge in [0.15, 0.2) is 0 Å². The summed E-state index contributed by atoms with van der Waals surface area (Å²) in [6.45, 7) is 3.19. The number of piperidine rings is 1. The molecule has 30 heavy (non-hydrogen) atoms. The molecule has 162 valence electrons. The highest BCUT2D eigenvalue weighted by Gasteiger charge is 2.59. The van der Waals surface area contributed by atoms with Crippen molar-refractivity contribution >= 4 is 29.3 Å². The van der Waals surface area contributed by atoms with E-state index in [1.165, 1.54) is 17.9 Å². The number of benzene rings is 1. The number of anilines is 2. The molecule has 1 unspecified atom stereocenters. The van der Waals surface area contributed by atoms with Crippen LogP contribution in [-0.4, -0.2) is 68.4 Å². The van der Waals surface area contributed by atoms with E-state index in [0.29, 0.717) is 24.5 Å². The molecular weight excluding hydrogens is 395 g/mol. The third-order valence-corrected chi connectivity index (χ3v) is 5.94. The second kappa shape index (κ2) is 8.10. The van der Waals surface area contributed by atoms with Crippen molar-refractivity contribution in [2.75, 3.05) is 49.1 Å². The average molecular weight is 420 g/mol. The highest BCUT2D eigenvalue weighted by molar-refractivity contribution is 5.90. The number of fused-ring (bicyclic) bond motifs is 1. The molecule has 4 rings (SSSR count). The summed E-state index contributed by atoms with van der Waals surface area (Å²) in [6, 6.07) is 4.63. The molecule has 2 aliphatic heterocycles. The Morgan fingerprint density at radius 3 is 2.60 bits per heavy atom. The Morgan fingerprint density at radius 1 is 1.23 bits per heavy atom. The second-order valence-corrected chi connectivity index (χ2v) is 7.96. The first kappa shape index (κ1) is 20.4. The predicted octanol–water partition coefficient (Wildman–Crippen LogP) is 0.0777. The fraction of sp³-hybridized carbons (Fsp3) is 0.550. The Morgan fingerprint density at radius 2 is 1.97 bits per heavy atom. The topological polar surface area (TPSA) is 111 Å². The van der Waals surface area contributed by atoms with Crippen molar-refractivity contribution in [2.24, 2.45) is 17.8 Å². The van der Waals surface area contributed by atoms with Gasteiger partial charge in [-0.2, -0.15) is 0 Å². The smallest absolute Gasteiger partial charge is 0.414 e. The van der Waals surface area contributed by atoms with E-state index in [1.54, 1.807) is 12.1 Å². The summed E-state index contributed by atoms with van der Waals surface area (Å²) in [6.07, 6.45) is -1.06. The van der Waals surface area contributed by atoms with Gasteiger partial charge in [-0.25, -0.2) is 9.18 Å². The number of hydrogen-bond acceptors (Lipinski definition) is 6. The molecule has 1 saturated carbocycles. The maximum absolute atomic E-state index is 14.8. The minimum atomic E-state index is -0.573. The number of nitrogens with zero attached hydrogens (tertiary/aromatic N) is 2. The predicted molar refractivity (Wildman–Crippen MR) is 105 cm³/mol. The Labute approximate surface area is 173 Å². The minimum absolute atomic E-state index is 0.0455. The lowest BCUT2D eigenvalue weighted by atomic mass is 10.2. The molecule has 0 spiro atoms. The molecule has 2 heterocycles. The highest BCUT2D eigenvalue weighted by atomic mass is 19.1. The lowest BCUT2D eigenvalue weighted by Gasteiger charge is -2.23. The van der Waals surface area contributed by atoms with Crippen molar-refractivity contribution in [2.45, 2.75) is 13.0 Å². The Hall–Kier alpha value is -2.88. The van der Waals surface area contributed by atoms with Gasteiger partial charge < -0.3 is 25.4 Å². The van der Waals surface area contributed by atoms with E-state index in [0.717, 1.165) is 0 Å². The summed E-state index contributed by atoms with van der Waals surface area (Å²) in [7, 11) is 0. The fourth-order valence-electron chi connectivity index (χ4n) is 4.43. The van der Waals surface area contributed by atoms with Gasteiger partial charge >= 0.3 is 6.09 Å². The Balaban J connectivity index is 1.36. The van der Waals surface area contributed by atoms with Gasteiger partial charge in [0.25, 0.3) is 0 Å². The molecule has 9 nitrogen and oxygen atoms in total. The van der Waals surface area contributed by atoms with Crippen molar-refractivity contribution in [3.05, 3.63) is 24.0 Å². The number of aliphatic hydroxyl groups is 1. The van der Waals surface area contributed by atoms with Gasteiger partial charge in [0.05, 0.1) is 31.1 Å². The fourth-order valence-corrected chi connectivity index (χ4v) is 4.43. The molecule has 2 saturated heterocycles. The largest absolute Gasteiger partial charge is 0.442 e. The van der Waals surface area contributed by atoms with Crippen LogP contribution in [0, 0.1) is 23.6 Å². The van der Waals surface area contributed by atoms with E-state index in [2.05, 4.69) is 10.6 Å². The zero-order valence-corrected chi connectivity index (χ0v) is 16.6. The Kier molecular flexibility index (Phi) is 5.50. The standard InChI is InChI=1S/C20H25FN4O5/c1-11(27)23-7-13-8-25(20(29)30-13)12-2-3-17(16(21)6-12)24-9-14-15(10-24)18(14)19(28)22-4-5-26/h2-3,6,13-15,18,26H,4-5,7-10H2,1H3,(H,22,28)(H,23,27)/t13-,14-,15+,18?/m0/s1. The molecule has 4 atom stereocenters. The zero-order chi connectivity index (χ0) is 21.4. The van der Waals surface area contributed by atoms with E-state index in [-0.39, 0.29) is 55.8 Å². The van der Waals surface area contributed by atoms with Crippen molar-refractivity contribution in [1.82, 2.24) is 10.6 Å². The van der Waals surface area contributed by atoms with Crippen LogP contribution in [0.2, 0.25) is 0 Å². The van der Waals surface area contributed by atoms with Gasteiger partial charge in [0, 0.05) is 32.5 Å². The van der Waals surface area contributed by atoms with Crippen molar-refractivity contribution < 1.29 is 28.6 Å². The van der Waals surface area contributed by atoms with Crippen molar-refractivity contribution in [1.29, 1.82) is 0 Å². The summed E-state index contributed by atoms with van der Waals surface area (Å²) in [4.78, 5) is 38.4. The Bertz CT molecular complexity index is 854. The van der Waals surface area contributed by atoms with E-state index in [9.17, 15) is 18.8 Å². The molecule has 1 aromatic carbocycles. The van der Waals surface area contributed by atoms with Gasteiger partial charge in [0.2, 0.25) is 11.8 Å². The molecule has 0 radical (unpaired) electrons. The average Bonchev–Trinajstić information content (AvgIpc) is 3.03. The van der Waals surface area contributed by atoms with Gasteiger partial charge in [-0.05, 0) is 30.0 Å². The van der Waals surface area contributed by atoms with Crippen molar-refractivity contribution in [3.63, 3.8) is 0 Å². The zero-order valence-electron chi connectivity index (χ0n) is 16.6. The van der Waals surface area contributed by atoms with Crippen LogP contribution < -0.4 is 20.4 Å². The molecule has 3 aliphatic rings. The van der Waals surface area contributed by atoms with Crippen LogP contribution in [-0.2, 0) is 14.3 Å². The summed E-state index contributed by atoms with van der Waals surface area (Å²) in [5, 5.41) is 14.1. The van der Waals surface area contributed by atoms with E-state index in [1.807, 2.05) is 4.90 Å². The maximum atomic E-state index is 14.8. The van der Waals surface area contributed by atoms with Crippen LogP contribution in [0.15, 0.2) is 18.2 Å². The van der Waals surface area contributed by atoms with Gasteiger partial charge in [0.1, 0.15) is 11.9 Å². The molecule has 1 aliphatic carbocycles. The maximum Gasteiger partial charge on any atom is 0.414 e. The highest BCUT2D eigenvalue weighted by Crippen LogP contribution is 2.53. The molecule has 10 heteroatoms. The number of carbonyl (C=O) groups excluding carboxylic acids is 3. The lowest BCUT2D eigenvalue weighted by molar-refractivity contribution is -0.123. The SMILES string of the molecule is CC(=O)NC[C@H]1CN(c2ccc(N3C[C@@H]4C(C(=O)NCCO)[C@@H]4C3)c(F)c2)C(=O)O1. The number of halogens is 1. The number of amides is 3. The van der Waals surface area contributed by atoms with Crippen LogP contribution in [0.25, 0.3) is 0 Å². The number of aliphatic hydroxyl groups excluding tert-OH is 1. The molecule has 0 bridgehead atoms. The van der Waals surface area contributed by atoms with Gasteiger partial charge in [-0.1, -0.05) is 0 Å². The summed E-state index contributed by atoms with van der Waals surface area (Å²) < 4.78 is 20.0. The molecule has 3 N–H and O–H groups in total. The van der Waals surface area contributed by atoms with Crippen LogP contribution in [0.5, 0.6) is 0 Å². The molecular formula is C20H25FN4O5. The summed E-state index contributed by atoms with van der Waals surface area (Å²) in [5.74, 6) is -0.354. The van der Waals surface area contributed by atoms with Gasteiger partial charge in [-0.3, -0.25) is 14.5 Å². The van der Waals surface area contributed by atoms with Crippen LogP contribution in [0.1, 0.15) is 6.92 Å². The molecule has 0 aromatic heterocycles. The number of hydrogen-bond donors (Lipinski definition) is 3. The number of carbonyl (C=O) groups is 3. The lowest BCUT2D eigenvalue weighted by Crippen LogP contribution is -2.33. The number of rotatable bonds is 7. The van der Waals surface area contributed by atoms with Crippen LogP contribution in [0.3, 0.4) is 0 Å². The summed E-state index contributed by atoms with van der Waals surface area (Å²) >= 11 is 0. The van der Waals surface area contributed by atoms with Crippen molar-refractivity contribution in [3.8, 4) is 0 Å². The first-order valence-corrected chi connectivity index (χ1v) is 10.0. The molecule has 1 aromatic rings. The first-order valence-electron chi connectivity index (χ1n) is 10.0. The normalized spacial score (nSPS) is 27.0. The first-order chi connectivity index (χ1) is 14.4. The second-order valence-electron chi connectivity index (χ2n) is 7.96. The van der Waals surface area contributed by atoms with E-state index < -0.39 is 18.0 Å².